The van der Waals surface area contributed by atoms with Gasteiger partial charge in [0.1, 0.15) is 47.6 Å². The molecule has 0 spiro atoms. The number of imidazole rings is 1. The zero-order valence-electron chi connectivity index (χ0n) is 24.0. The van der Waals surface area contributed by atoms with Gasteiger partial charge >= 0.3 is 5.97 Å². The molecule has 1 aliphatic rings. The second-order valence-corrected chi connectivity index (χ2v) is 11.1. The summed E-state index contributed by atoms with van der Waals surface area (Å²) in [5.74, 6) is 2.04. The van der Waals surface area contributed by atoms with Crippen molar-refractivity contribution in [1.29, 1.82) is 0 Å². The van der Waals surface area contributed by atoms with Crippen molar-refractivity contribution in [3.05, 3.63) is 76.1 Å². The Balaban J connectivity index is 1.24. The maximum atomic E-state index is 10.9. The van der Waals surface area contributed by atoms with E-state index in [1.54, 1.807) is 24.3 Å². The number of hydrogen-bond donors (Lipinski definition) is 3. The number of benzene rings is 3. The standard InChI is InChI=1S/C32H36N2O7/c1-18-19(2)30-24(20(3)29(18)36)12-13-32(4,41-30)17-40-23-10-11-25-26(15-23)34(5)28(33-25)16-39-22-8-6-21(7-9-22)14-27(35)31(37)38/h6-11,15,27,35-36H,12-14,16-17H2,1-5H3,(H,37,38). The molecule has 9 nitrogen and oxygen atoms in total. The number of phenols is 1. The number of aliphatic hydroxyl groups excluding tert-OH is 1. The number of phenolic OH excluding ortho intramolecular Hbond substituents is 1. The SMILES string of the molecule is Cc1c(C)c2c(c(C)c1O)CCC(C)(COc1ccc3nc(COc4ccc(CC(O)C(=O)O)cc4)n(C)c3c1)O2. The lowest BCUT2D eigenvalue weighted by Crippen LogP contribution is -2.42. The highest BCUT2D eigenvalue weighted by Crippen LogP contribution is 2.43. The number of nitrogens with zero attached hydrogens (tertiary/aromatic N) is 2. The Morgan fingerprint density at radius 2 is 1.78 bits per heavy atom. The molecule has 1 aromatic heterocycles. The maximum Gasteiger partial charge on any atom is 0.332 e. The van der Waals surface area contributed by atoms with Crippen molar-refractivity contribution in [2.24, 2.45) is 7.05 Å². The van der Waals surface area contributed by atoms with E-state index in [9.17, 15) is 15.0 Å². The molecule has 216 valence electrons. The summed E-state index contributed by atoms with van der Waals surface area (Å²) in [5.41, 5.74) is 5.72. The first-order chi connectivity index (χ1) is 19.5. The van der Waals surface area contributed by atoms with Crippen LogP contribution in [0.5, 0.6) is 23.0 Å². The van der Waals surface area contributed by atoms with Crippen LogP contribution in [0, 0.1) is 20.8 Å². The Hall–Kier alpha value is -4.24. The normalized spacial score (nSPS) is 17.1. The van der Waals surface area contributed by atoms with E-state index in [1.807, 2.05) is 50.6 Å². The van der Waals surface area contributed by atoms with Crippen LogP contribution in [0.2, 0.25) is 0 Å². The van der Waals surface area contributed by atoms with Gasteiger partial charge in [-0.05, 0) is 87.1 Å². The molecule has 4 aromatic rings. The Morgan fingerprint density at radius 3 is 2.49 bits per heavy atom. The van der Waals surface area contributed by atoms with E-state index in [0.717, 1.165) is 63.5 Å². The van der Waals surface area contributed by atoms with E-state index in [2.05, 4.69) is 6.92 Å². The van der Waals surface area contributed by atoms with Gasteiger partial charge in [0, 0.05) is 25.1 Å². The van der Waals surface area contributed by atoms with Crippen molar-refractivity contribution in [3.63, 3.8) is 0 Å². The highest BCUT2D eigenvalue weighted by molar-refractivity contribution is 5.77. The minimum Gasteiger partial charge on any atom is -0.507 e. The molecule has 0 aliphatic carbocycles. The Labute approximate surface area is 238 Å². The zero-order chi connectivity index (χ0) is 29.5. The van der Waals surface area contributed by atoms with Crippen LogP contribution >= 0.6 is 0 Å². The molecule has 2 heterocycles. The van der Waals surface area contributed by atoms with Gasteiger partial charge in [-0.25, -0.2) is 9.78 Å². The van der Waals surface area contributed by atoms with E-state index < -0.39 is 17.7 Å². The molecule has 0 bridgehead atoms. The zero-order valence-corrected chi connectivity index (χ0v) is 24.0. The molecule has 2 unspecified atom stereocenters. The fourth-order valence-electron chi connectivity index (χ4n) is 5.25. The van der Waals surface area contributed by atoms with Crippen molar-refractivity contribution < 1.29 is 34.3 Å². The minimum absolute atomic E-state index is 0.0346. The van der Waals surface area contributed by atoms with Crippen LogP contribution in [-0.2, 0) is 31.3 Å². The first kappa shape index (κ1) is 28.3. The number of rotatable bonds is 9. The quantitative estimate of drug-likeness (QED) is 0.263. The van der Waals surface area contributed by atoms with Gasteiger partial charge in [0.2, 0.25) is 0 Å². The molecule has 0 fully saturated rings. The summed E-state index contributed by atoms with van der Waals surface area (Å²) < 4.78 is 20.6. The molecule has 0 radical (unpaired) electrons. The van der Waals surface area contributed by atoms with E-state index in [4.69, 9.17) is 24.3 Å². The number of carboxylic acids is 1. The van der Waals surface area contributed by atoms with Gasteiger partial charge in [0.15, 0.2) is 6.10 Å². The minimum atomic E-state index is -1.43. The van der Waals surface area contributed by atoms with E-state index in [-0.39, 0.29) is 13.0 Å². The largest absolute Gasteiger partial charge is 0.507 e. The number of aliphatic hydroxyl groups is 1. The molecule has 0 amide bonds. The van der Waals surface area contributed by atoms with Gasteiger partial charge in [-0.3, -0.25) is 0 Å². The molecule has 3 aromatic carbocycles. The van der Waals surface area contributed by atoms with Gasteiger partial charge in [0.25, 0.3) is 0 Å². The van der Waals surface area contributed by atoms with Gasteiger partial charge < -0.3 is 34.1 Å². The van der Waals surface area contributed by atoms with Crippen molar-refractivity contribution in [3.8, 4) is 23.0 Å². The topological polar surface area (TPSA) is 123 Å². The number of carboxylic acid groups (broad SMARTS) is 1. The monoisotopic (exact) mass is 560 g/mol. The van der Waals surface area contributed by atoms with Crippen LogP contribution < -0.4 is 14.2 Å². The van der Waals surface area contributed by atoms with Crippen LogP contribution in [-0.4, -0.2) is 49.2 Å². The van der Waals surface area contributed by atoms with E-state index in [0.29, 0.717) is 23.7 Å². The van der Waals surface area contributed by atoms with Crippen molar-refractivity contribution >= 4 is 17.0 Å². The number of aliphatic carboxylic acids is 1. The molecule has 5 rings (SSSR count). The summed E-state index contributed by atoms with van der Waals surface area (Å²) in [6.45, 7) is 8.53. The average Bonchev–Trinajstić information content (AvgIpc) is 3.28. The molecule has 9 heteroatoms. The Bertz CT molecular complexity index is 1610. The van der Waals surface area contributed by atoms with Gasteiger partial charge in [0.05, 0.1) is 11.0 Å². The summed E-state index contributed by atoms with van der Waals surface area (Å²) in [7, 11) is 1.93. The van der Waals surface area contributed by atoms with E-state index >= 15 is 0 Å². The maximum absolute atomic E-state index is 10.9. The molecule has 0 saturated heterocycles. The smallest absolute Gasteiger partial charge is 0.332 e. The van der Waals surface area contributed by atoms with Crippen LogP contribution in [0.15, 0.2) is 42.5 Å². The number of aryl methyl sites for hydroxylation is 1. The van der Waals surface area contributed by atoms with Crippen LogP contribution in [0.4, 0.5) is 0 Å². The second kappa shape index (κ2) is 11.0. The van der Waals surface area contributed by atoms with Gasteiger partial charge in [-0.2, -0.15) is 0 Å². The molecular weight excluding hydrogens is 524 g/mol. The first-order valence-corrected chi connectivity index (χ1v) is 13.7. The third-order valence-electron chi connectivity index (χ3n) is 8.09. The van der Waals surface area contributed by atoms with Crippen LogP contribution in [0.1, 0.15) is 47.0 Å². The number of aromatic hydroxyl groups is 1. The lowest BCUT2D eigenvalue weighted by atomic mass is 9.87. The number of carbonyl (C=O) groups is 1. The predicted molar refractivity (Wildman–Crippen MR) is 154 cm³/mol. The molecule has 41 heavy (non-hydrogen) atoms. The van der Waals surface area contributed by atoms with Crippen molar-refractivity contribution in [2.45, 2.75) is 65.3 Å². The third kappa shape index (κ3) is 5.67. The number of aromatic nitrogens is 2. The number of ether oxygens (including phenoxy) is 3. The van der Waals surface area contributed by atoms with Crippen molar-refractivity contribution in [2.75, 3.05) is 6.61 Å². The van der Waals surface area contributed by atoms with E-state index in [1.165, 1.54) is 0 Å². The Kier molecular flexibility index (Phi) is 7.57. The first-order valence-electron chi connectivity index (χ1n) is 13.7. The summed E-state index contributed by atoms with van der Waals surface area (Å²) in [4.78, 5) is 15.6. The summed E-state index contributed by atoms with van der Waals surface area (Å²) in [5, 5.41) is 28.9. The highest BCUT2D eigenvalue weighted by Gasteiger charge is 2.35. The highest BCUT2D eigenvalue weighted by atomic mass is 16.5. The third-order valence-corrected chi connectivity index (χ3v) is 8.09. The second-order valence-electron chi connectivity index (χ2n) is 11.1. The average molecular weight is 561 g/mol. The predicted octanol–water partition coefficient (Wildman–Crippen LogP) is 4.93. The molecular formula is C32H36N2O7. The summed E-state index contributed by atoms with van der Waals surface area (Å²) >= 11 is 0. The van der Waals surface area contributed by atoms with Crippen molar-refractivity contribution in [1.82, 2.24) is 9.55 Å². The molecule has 3 N–H and O–H groups in total. The van der Waals surface area contributed by atoms with Gasteiger partial charge in [-0.15, -0.1) is 0 Å². The molecule has 1 aliphatic heterocycles. The number of hydrogen-bond acceptors (Lipinski definition) is 7. The summed E-state index contributed by atoms with van der Waals surface area (Å²) in [6, 6.07) is 12.8. The lowest BCUT2D eigenvalue weighted by Gasteiger charge is -2.37. The Morgan fingerprint density at radius 1 is 1.07 bits per heavy atom. The fourth-order valence-corrected chi connectivity index (χ4v) is 5.25. The lowest BCUT2D eigenvalue weighted by molar-refractivity contribution is -0.146. The van der Waals surface area contributed by atoms with Crippen LogP contribution in [0.3, 0.4) is 0 Å². The number of fused-ring (bicyclic) bond motifs is 2. The van der Waals surface area contributed by atoms with Crippen LogP contribution in [0.25, 0.3) is 11.0 Å². The fraction of sp³-hybridized carbons (Fsp3) is 0.375. The van der Waals surface area contributed by atoms with Gasteiger partial charge in [-0.1, -0.05) is 12.1 Å². The summed E-state index contributed by atoms with van der Waals surface area (Å²) in [6.07, 6.45) is 0.192. The molecule has 2 atom stereocenters. The molecule has 0 saturated carbocycles.